The Hall–Kier alpha value is -2.34. The van der Waals surface area contributed by atoms with Crippen LogP contribution in [0.2, 0.25) is 0 Å². The van der Waals surface area contributed by atoms with Crippen LogP contribution in [-0.4, -0.2) is 25.8 Å². The van der Waals surface area contributed by atoms with Crippen LogP contribution in [0.15, 0.2) is 52.6 Å². The molecule has 2 heterocycles. The highest BCUT2D eigenvalue weighted by atomic mass is 32.2. The molecule has 2 aromatic heterocycles. The summed E-state index contributed by atoms with van der Waals surface area (Å²) in [5.41, 5.74) is 0.0510. The molecule has 0 unspecified atom stereocenters. The molecule has 6 heteroatoms. The van der Waals surface area contributed by atoms with E-state index in [2.05, 4.69) is 10.1 Å². The van der Waals surface area contributed by atoms with Gasteiger partial charge in [0, 0.05) is 18.6 Å². The Balaban J connectivity index is 2.14. The molecule has 3 rings (SSSR count). The Bertz CT molecular complexity index is 798. The third-order valence-electron chi connectivity index (χ3n) is 2.82. The van der Waals surface area contributed by atoms with Crippen LogP contribution in [-0.2, 0) is 7.05 Å². The van der Waals surface area contributed by atoms with Gasteiger partial charge in [-0.2, -0.15) is 5.10 Å². The van der Waals surface area contributed by atoms with Crippen molar-refractivity contribution in [2.24, 2.45) is 7.05 Å². The first kappa shape index (κ1) is 12.7. The first-order valence-corrected chi connectivity index (χ1v) is 6.75. The quantitative estimate of drug-likeness (QED) is 0.801. The summed E-state index contributed by atoms with van der Waals surface area (Å²) in [6.07, 6.45) is 3.60. The molecule has 0 fully saturated rings. The summed E-state index contributed by atoms with van der Waals surface area (Å²) in [6, 6.07) is 9.21. The van der Waals surface area contributed by atoms with Crippen molar-refractivity contribution in [1.29, 1.82) is 0 Å². The van der Waals surface area contributed by atoms with Crippen LogP contribution in [0.25, 0.3) is 10.8 Å². The van der Waals surface area contributed by atoms with Crippen LogP contribution in [0, 0.1) is 0 Å². The van der Waals surface area contributed by atoms with Gasteiger partial charge in [-0.1, -0.05) is 36.0 Å². The lowest BCUT2D eigenvalue weighted by Gasteiger charge is -2.06. The minimum Gasteiger partial charge on any atom is -0.477 e. The molecule has 0 spiro atoms. The number of nitrogens with zero attached hydrogens (tertiary/aromatic N) is 3. The summed E-state index contributed by atoms with van der Waals surface area (Å²) in [5.74, 6) is -1.02. The molecule has 0 radical (unpaired) electrons. The van der Waals surface area contributed by atoms with E-state index in [1.54, 1.807) is 16.9 Å². The molecular weight excluding hydrogens is 274 g/mol. The number of aryl methyl sites for hydroxylation is 1. The molecule has 0 aliphatic carbocycles. The second kappa shape index (κ2) is 4.97. The van der Waals surface area contributed by atoms with Gasteiger partial charge in [-0.05, 0) is 11.5 Å². The average Bonchev–Trinajstić information content (AvgIpc) is 2.84. The summed E-state index contributed by atoms with van der Waals surface area (Å²) in [4.78, 5) is 16.3. The summed E-state index contributed by atoms with van der Waals surface area (Å²) < 4.78 is 1.70. The molecule has 100 valence electrons. The van der Waals surface area contributed by atoms with E-state index in [0.717, 1.165) is 15.7 Å². The molecule has 0 saturated carbocycles. The molecule has 3 aromatic rings. The molecular formula is C14H11N3O2S. The minimum absolute atomic E-state index is 0.0510. The van der Waals surface area contributed by atoms with E-state index in [1.807, 2.05) is 37.5 Å². The first-order valence-electron chi connectivity index (χ1n) is 5.93. The van der Waals surface area contributed by atoms with E-state index < -0.39 is 5.97 Å². The lowest BCUT2D eigenvalue weighted by molar-refractivity contribution is 0.0690. The fourth-order valence-corrected chi connectivity index (χ4v) is 2.89. The summed E-state index contributed by atoms with van der Waals surface area (Å²) in [5, 5.41) is 15.7. The molecule has 0 saturated heterocycles. The van der Waals surface area contributed by atoms with Gasteiger partial charge >= 0.3 is 5.97 Å². The van der Waals surface area contributed by atoms with E-state index in [4.69, 9.17) is 5.11 Å². The average molecular weight is 285 g/mol. The van der Waals surface area contributed by atoms with Crippen molar-refractivity contribution < 1.29 is 9.90 Å². The van der Waals surface area contributed by atoms with Gasteiger partial charge in [0.2, 0.25) is 0 Å². The van der Waals surface area contributed by atoms with Crippen LogP contribution in [0.3, 0.4) is 0 Å². The van der Waals surface area contributed by atoms with Crippen molar-refractivity contribution in [3.63, 3.8) is 0 Å². The highest BCUT2D eigenvalue weighted by Gasteiger charge is 2.12. The van der Waals surface area contributed by atoms with Gasteiger partial charge < -0.3 is 5.11 Å². The number of aromatic nitrogens is 3. The molecule has 0 bridgehead atoms. The second-order valence-corrected chi connectivity index (χ2v) is 5.35. The van der Waals surface area contributed by atoms with Crippen molar-refractivity contribution in [3.05, 3.63) is 48.4 Å². The van der Waals surface area contributed by atoms with Gasteiger partial charge in [-0.25, -0.2) is 9.78 Å². The first-order chi connectivity index (χ1) is 9.63. The minimum atomic E-state index is -1.02. The predicted molar refractivity (Wildman–Crippen MR) is 76.0 cm³/mol. The lowest BCUT2D eigenvalue weighted by Crippen LogP contribution is -2.01. The van der Waals surface area contributed by atoms with E-state index in [0.29, 0.717) is 5.03 Å². The van der Waals surface area contributed by atoms with E-state index in [-0.39, 0.29) is 5.69 Å². The smallest absolute Gasteiger partial charge is 0.354 e. The molecule has 20 heavy (non-hydrogen) atoms. The van der Waals surface area contributed by atoms with Crippen molar-refractivity contribution in [3.8, 4) is 0 Å². The third-order valence-corrected chi connectivity index (χ3v) is 3.77. The van der Waals surface area contributed by atoms with Crippen LogP contribution in [0.4, 0.5) is 0 Å². The number of fused-ring (bicyclic) bond motifs is 1. The second-order valence-electron chi connectivity index (χ2n) is 4.29. The van der Waals surface area contributed by atoms with Crippen molar-refractivity contribution in [2.45, 2.75) is 9.92 Å². The predicted octanol–water partition coefficient (Wildman–Crippen LogP) is 2.82. The van der Waals surface area contributed by atoms with Gasteiger partial charge in [-0.3, -0.25) is 4.68 Å². The lowest BCUT2D eigenvalue weighted by atomic mass is 10.1. The van der Waals surface area contributed by atoms with Crippen molar-refractivity contribution >= 4 is 28.5 Å². The number of aromatic carboxylic acids is 1. The molecule has 1 N–H and O–H groups in total. The number of hydrogen-bond acceptors (Lipinski definition) is 4. The molecule has 0 aliphatic heterocycles. The summed E-state index contributed by atoms with van der Waals surface area (Å²) >= 11 is 1.41. The number of carboxylic acid groups (broad SMARTS) is 1. The monoisotopic (exact) mass is 285 g/mol. The van der Waals surface area contributed by atoms with Gasteiger partial charge in [0.05, 0.1) is 11.1 Å². The number of rotatable bonds is 3. The number of hydrogen-bond donors (Lipinski definition) is 1. The van der Waals surface area contributed by atoms with Gasteiger partial charge in [0.15, 0.2) is 0 Å². The molecule has 0 atom stereocenters. The van der Waals surface area contributed by atoms with Gasteiger partial charge in [-0.15, -0.1) is 0 Å². The van der Waals surface area contributed by atoms with Crippen LogP contribution >= 0.6 is 11.8 Å². The Morgan fingerprint density at radius 3 is 2.85 bits per heavy atom. The third kappa shape index (κ3) is 2.37. The Morgan fingerprint density at radius 2 is 2.15 bits per heavy atom. The number of pyridine rings is 1. The molecule has 0 amide bonds. The maximum Gasteiger partial charge on any atom is 0.354 e. The largest absolute Gasteiger partial charge is 0.477 e. The van der Waals surface area contributed by atoms with Crippen LogP contribution < -0.4 is 0 Å². The highest BCUT2D eigenvalue weighted by Crippen LogP contribution is 2.32. The SMILES string of the molecule is Cn1cc(Sc2nc(C(=O)O)cc3ccccc23)cn1. The maximum atomic E-state index is 11.2. The van der Waals surface area contributed by atoms with Crippen LogP contribution in [0.5, 0.6) is 0 Å². The van der Waals surface area contributed by atoms with Gasteiger partial charge in [0.25, 0.3) is 0 Å². The maximum absolute atomic E-state index is 11.2. The van der Waals surface area contributed by atoms with E-state index in [1.165, 1.54) is 11.8 Å². The van der Waals surface area contributed by atoms with Crippen molar-refractivity contribution in [1.82, 2.24) is 14.8 Å². The topological polar surface area (TPSA) is 68.0 Å². The molecule has 5 nitrogen and oxygen atoms in total. The zero-order chi connectivity index (χ0) is 14.1. The number of benzene rings is 1. The van der Waals surface area contributed by atoms with Crippen molar-refractivity contribution in [2.75, 3.05) is 0 Å². The Kier molecular flexibility index (Phi) is 3.15. The van der Waals surface area contributed by atoms with Gasteiger partial charge in [0.1, 0.15) is 10.7 Å². The molecule has 1 aromatic carbocycles. The Morgan fingerprint density at radius 1 is 1.35 bits per heavy atom. The number of carboxylic acids is 1. The van der Waals surface area contributed by atoms with E-state index in [9.17, 15) is 4.79 Å². The Labute approximate surface area is 119 Å². The zero-order valence-corrected chi connectivity index (χ0v) is 11.5. The fraction of sp³-hybridized carbons (Fsp3) is 0.0714. The summed E-state index contributed by atoms with van der Waals surface area (Å²) in [7, 11) is 1.84. The highest BCUT2D eigenvalue weighted by molar-refractivity contribution is 7.99. The number of carbonyl (C=O) groups is 1. The normalized spacial score (nSPS) is 10.8. The standard InChI is InChI=1S/C14H11N3O2S/c1-17-8-10(7-15-17)20-13-11-5-3-2-4-9(11)6-12(16-13)14(18)19/h2-8H,1H3,(H,18,19). The van der Waals surface area contributed by atoms with Crippen LogP contribution in [0.1, 0.15) is 10.5 Å². The summed E-state index contributed by atoms with van der Waals surface area (Å²) in [6.45, 7) is 0. The zero-order valence-electron chi connectivity index (χ0n) is 10.6. The van der Waals surface area contributed by atoms with E-state index >= 15 is 0 Å². The molecule has 0 aliphatic rings. The fourth-order valence-electron chi connectivity index (χ4n) is 1.92.